The monoisotopic (exact) mass is 365 g/mol. The number of carbonyl (C=O) groups is 1. The summed E-state index contributed by atoms with van der Waals surface area (Å²) in [6, 6.07) is 13.5. The van der Waals surface area contributed by atoms with Crippen molar-refractivity contribution >= 4 is 5.91 Å². The molecule has 0 bridgehead atoms. The van der Waals surface area contributed by atoms with E-state index in [1.807, 2.05) is 43.3 Å². The zero-order chi connectivity index (χ0) is 18.6. The molecule has 1 aromatic carbocycles. The van der Waals surface area contributed by atoms with Crippen LogP contribution in [0.5, 0.6) is 0 Å². The van der Waals surface area contributed by atoms with Crippen molar-refractivity contribution in [1.29, 1.82) is 0 Å². The maximum absolute atomic E-state index is 12.5. The Kier molecular flexibility index (Phi) is 5.07. The van der Waals surface area contributed by atoms with Crippen molar-refractivity contribution in [2.75, 3.05) is 19.6 Å². The van der Waals surface area contributed by atoms with Gasteiger partial charge in [0, 0.05) is 18.2 Å². The van der Waals surface area contributed by atoms with Crippen LogP contribution in [0.4, 0.5) is 0 Å². The van der Waals surface area contributed by atoms with E-state index in [4.69, 9.17) is 8.94 Å². The van der Waals surface area contributed by atoms with Gasteiger partial charge in [-0.1, -0.05) is 35.0 Å². The quantitative estimate of drug-likeness (QED) is 0.719. The number of hydrogen-bond donors (Lipinski definition) is 1. The molecule has 0 unspecified atom stereocenters. The van der Waals surface area contributed by atoms with Crippen LogP contribution in [-0.4, -0.2) is 35.6 Å². The van der Waals surface area contributed by atoms with E-state index in [-0.39, 0.29) is 17.6 Å². The second-order valence-electron chi connectivity index (χ2n) is 6.93. The second-order valence-corrected chi connectivity index (χ2v) is 6.93. The molecule has 3 heterocycles. The number of likely N-dealkylation sites (tertiary alicyclic amines) is 1. The first kappa shape index (κ1) is 17.5. The smallest absolute Gasteiger partial charge is 0.273 e. The average molecular weight is 365 g/mol. The zero-order valence-corrected chi connectivity index (χ0v) is 15.4. The van der Waals surface area contributed by atoms with Crippen molar-refractivity contribution in [3.8, 4) is 11.3 Å². The molecule has 27 heavy (non-hydrogen) atoms. The summed E-state index contributed by atoms with van der Waals surface area (Å²) in [4.78, 5) is 14.9. The van der Waals surface area contributed by atoms with E-state index < -0.39 is 0 Å². The Labute approximate surface area is 158 Å². The molecule has 1 aliphatic rings. The van der Waals surface area contributed by atoms with Gasteiger partial charge < -0.3 is 14.3 Å². The topological polar surface area (TPSA) is 71.5 Å². The van der Waals surface area contributed by atoms with Gasteiger partial charge in [-0.2, -0.15) is 0 Å². The predicted molar refractivity (Wildman–Crippen MR) is 101 cm³/mol. The third-order valence-electron chi connectivity index (χ3n) is 4.99. The molecule has 0 aliphatic carbocycles. The van der Waals surface area contributed by atoms with Gasteiger partial charge in [0.25, 0.3) is 5.91 Å². The van der Waals surface area contributed by atoms with Crippen molar-refractivity contribution in [2.45, 2.75) is 25.8 Å². The molecule has 4 rings (SSSR count). The minimum absolute atomic E-state index is 0.0370. The molecule has 0 spiro atoms. The molecule has 1 atom stereocenters. The van der Waals surface area contributed by atoms with Crippen LogP contribution in [0.15, 0.2) is 57.7 Å². The number of aromatic nitrogens is 1. The van der Waals surface area contributed by atoms with Gasteiger partial charge in [-0.05, 0) is 45.0 Å². The van der Waals surface area contributed by atoms with Crippen LogP contribution < -0.4 is 5.32 Å². The Morgan fingerprint density at radius 3 is 2.70 bits per heavy atom. The van der Waals surface area contributed by atoms with Crippen LogP contribution in [0.2, 0.25) is 0 Å². The lowest BCUT2D eigenvalue weighted by atomic mass is 10.1. The number of furan rings is 1. The van der Waals surface area contributed by atoms with Crippen LogP contribution in [0.25, 0.3) is 11.3 Å². The van der Waals surface area contributed by atoms with E-state index in [1.54, 1.807) is 12.3 Å². The maximum Gasteiger partial charge on any atom is 0.273 e. The van der Waals surface area contributed by atoms with Crippen LogP contribution >= 0.6 is 0 Å². The lowest BCUT2D eigenvalue weighted by Crippen LogP contribution is -2.36. The molecule has 0 saturated carbocycles. The highest BCUT2D eigenvalue weighted by Gasteiger charge is 2.26. The highest BCUT2D eigenvalue weighted by molar-refractivity contribution is 5.93. The third kappa shape index (κ3) is 3.95. The molecule has 6 heteroatoms. The number of nitrogens with zero attached hydrogens (tertiary/aromatic N) is 2. The number of aryl methyl sites for hydroxylation is 1. The summed E-state index contributed by atoms with van der Waals surface area (Å²) in [5, 5.41) is 6.90. The van der Waals surface area contributed by atoms with E-state index in [2.05, 4.69) is 15.4 Å². The predicted octanol–water partition coefficient (Wildman–Crippen LogP) is 3.81. The van der Waals surface area contributed by atoms with E-state index >= 15 is 0 Å². The normalized spacial score (nSPS) is 15.7. The number of amides is 1. The Morgan fingerprint density at radius 2 is 2.00 bits per heavy atom. The van der Waals surface area contributed by atoms with E-state index in [0.717, 1.165) is 24.4 Å². The summed E-state index contributed by atoms with van der Waals surface area (Å²) in [6.07, 6.45) is 4.02. The average Bonchev–Trinajstić information content (AvgIpc) is 3.44. The van der Waals surface area contributed by atoms with Crippen molar-refractivity contribution in [3.05, 3.63) is 65.7 Å². The number of nitrogens with one attached hydrogen (secondary N) is 1. The fourth-order valence-corrected chi connectivity index (χ4v) is 3.46. The first-order chi connectivity index (χ1) is 13.2. The second kappa shape index (κ2) is 7.80. The zero-order valence-electron chi connectivity index (χ0n) is 15.4. The molecule has 140 valence electrons. The van der Waals surface area contributed by atoms with Crippen LogP contribution in [0.3, 0.4) is 0 Å². The molecule has 2 aromatic heterocycles. The van der Waals surface area contributed by atoms with Gasteiger partial charge in [0.1, 0.15) is 5.76 Å². The summed E-state index contributed by atoms with van der Waals surface area (Å²) in [7, 11) is 0. The lowest BCUT2D eigenvalue weighted by molar-refractivity contribution is 0.0925. The highest BCUT2D eigenvalue weighted by Crippen LogP contribution is 2.25. The van der Waals surface area contributed by atoms with E-state index in [0.29, 0.717) is 12.3 Å². The third-order valence-corrected chi connectivity index (χ3v) is 4.99. The summed E-state index contributed by atoms with van der Waals surface area (Å²) in [6.45, 7) is 4.53. The molecule has 1 fully saturated rings. The minimum Gasteiger partial charge on any atom is -0.468 e. The molecule has 1 aliphatic heterocycles. The Balaban J connectivity index is 1.43. The SMILES string of the molecule is Cc1ccc(-c2cc(C(=O)NC[C@H](c3ccco3)N3CCCC3)no2)cc1. The van der Waals surface area contributed by atoms with Gasteiger partial charge in [-0.25, -0.2) is 0 Å². The molecular weight excluding hydrogens is 342 g/mol. The van der Waals surface area contributed by atoms with Gasteiger partial charge >= 0.3 is 0 Å². The highest BCUT2D eigenvalue weighted by atomic mass is 16.5. The standard InChI is InChI=1S/C21H23N3O3/c1-15-6-8-16(9-7-15)20-13-17(23-27-20)21(25)22-14-18(19-5-4-12-26-19)24-10-2-3-11-24/h4-9,12-13,18H,2-3,10-11,14H2,1H3,(H,22,25)/t18-/m1/s1. The number of carbonyl (C=O) groups excluding carboxylic acids is 1. The fourth-order valence-electron chi connectivity index (χ4n) is 3.46. The first-order valence-corrected chi connectivity index (χ1v) is 9.30. The Bertz CT molecular complexity index is 878. The van der Waals surface area contributed by atoms with Gasteiger partial charge in [0.15, 0.2) is 11.5 Å². The summed E-state index contributed by atoms with van der Waals surface area (Å²) < 4.78 is 10.9. The minimum atomic E-state index is -0.243. The maximum atomic E-state index is 12.5. The molecule has 1 N–H and O–H groups in total. The van der Waals surface area contributed by atoms with Gasteiger partial charge in [-0.3, -0.25) is 9.69 Å². The van der Waals surface area contributed by atoms with Crippen molar-refractivity contribution in [3.63, 3.8) is 0 Å². The first-order valence-electron chi connectivity index (χ1n) is 9.30. The van der Waals surface area contributed by atoms with Crippen molar-refractivity contribution < 1.29 is 13.7 Å². The largest absolute Gasteiger partial charge is 0.468 e. The summed E-state index contributed by atoms with van der Waals surface area (Å²) >= 11 is 0. The summed E-state index contributed by atoms with van der Waals surface area (Å²) in [5.74, 6) is 1.22. The van der Waals surface area contributed by atoms with Crippen molar-refractivity contribution in [2.24, 2.45) is 0 Å². The van der Waals surface area contributed by atoms with E-state index in [1.165, 1.54) is 18.4 Å². The Morgan fingerprint density at radius 1 is 1.22 bits per heavy atom. The molecule has 3 aromatic rings. The molecule has 0 radical (unpaired) electrons. The van der Waals surface area contributed by atoms with Crippen LogP contribution in [-0.2, 0) is 0 Å². The van der Waals surface area contributed by atoms with Crippen LogP contribution in [0.1, 0.15) is 40.7 Å². The van der Waals surface area contributed by atoms with Crippen molar-refractivity contribution in [1.82, 2.24) is 15.4 Å². The molecule has 1 saturated heterocycles. The number of rotatable bonds is 6. The molecular formula is C21H23N3O3. The number of hydrogen-bond acceptors (Lipinski definition) is 5. The van der Waals surface area contributed by atoms with Gasteiger partial charge in [0.2, 0.25) is 0 Å². The Hall–Kier alpha value is -2.86. The molecule has 6 nitrogen and oxygen atoms in total. The lowest BCUT2D eigenvalue weighted by Gasteiger charge is -2.25. The molecule has 1 amide bonds. The van der Waals surface area contributed by atoms with Gasteiger partial charge in [-0.15, -0.1) is 0 Å². The van der Waals surface area contributed by atoms with Gasteiger partial charge in [0.05, 0.1) is 12.3 Å². The van der Waals surface area contributed by atoms with E-state index in [9.17, 15) is 4.79 Å². The number of benzene rings is 1. The summed E-state index contributed by atoms with van der Waals surface area (Å²) in [5.41, 5.74) is 2.35. The van der Waals surface area contributed by atoms with Crippen LogP contribution in [0, 0.1) is 6.92 Å². The fraction of sp³-hybridized carbons (Fsp3) is 0.333.